The second-order valence-electron chi connectivity index (χ2n) is 5.36. The molecule has 18 heavy (non-hydrogen) atoms. The highest BCUT2D eigenvalue weighted by Gasteiger charge is 2.36. The minimum Gasteiger partial charge on any atom is -0.317 e. The molecule has 2 nitrogen and oxygen atoms in total. The minimum atomic E-state index is 0.731. The molecular weight excluding hydrogens is 220 g/mol. The lowest BCUT2D eigenvalue weighted by molar-refractivity contribution is -0.407. The van der Waals surface area contributed by atoms with Crippen molar-refractivity contribution in [3.05, 3.63) is 41.6 Å². The molecule has 2 aliphatic rings. The predicted molar refractivity (Wildman–Crippen MR) is 75.5 cm³/mol. The first-order chi connectivity index (χ1) is 8.77. The number of hydrogen-bond donors (Lipinski definition) is 1. The number of para-hydroxylation sites is 1. The van der Waals surface area contributed by atoms with E-state index in [1.54, 1.807) is 0 Å². The van der Waals surface area contributed by atoms with Crippen LogP contribution in [0.3, 0.4) is 0 Å². The van der Waals surface area contributed by atoms with E-state index in [0.29, 0.717) is 0 Å². The van der Waals surface area contributed by atoms with Gasteiger partial charge < -0.3 is 5.32 Å². The molecule has 0 aliphatic carbocycles. The summed E-state index contributed by atoms with van der Waals surface area (Å²) in [4.78, 5) is 0. The summed E-state index contributed by atoms with van der Waals surface area (Å²) >= 11 is 0. The number of aryl methyl sites for hydroxylation is 1. The normalized spacial score (nSPS) is 20.7. The van der Waals surface area contributed by atoms with Gasteiger partial charge in [0.05, 0.1) is 6.08 Å². The monoisotopic (exact) mass is 241 g/mol. The molecule has 0 spiro atoms. The first kappa shape index (κ1) is 11.7. The summed E-state index contributed by atoms with van der Waals surface area (Å²) in [6.45, 7) is 6.71. The fourth-order valence-electron chi connectivity index (χ4n) is 3.04. The van der Waals surface area contributed by atoms with Gasteiger partial charge >= 0.3 is 0 Å². The van der Waals surface area contributed by atoms with Gasteiger partial charge in [0.2, 0.25) is 5.69 Å². The van der Waals surface area contributed by atoms with Crippen LogP contribution >= 0.6 is 0 Å². The minimum absolute atomic E-state index is 0.731. The Morgan fingerprint density at radius 1 is 1.11 bits per heavy atom. The predicted octanol–water partition coefficient (Wildman–Crippen LogP) is 3.00. The van der Waals surface area contributed by atoms with Crippen molar-refractivity contribution < 1.29 is 4.58 Å². The van der Waals surface area contributed by atoms with Gasteiger partial charge in [0.15, 0.2) is 11.4 Å². The van der Waals surface area contributed by atoms with Gasteiger partial charge in [-0.05, 0) is 32.9 Å². The van der Waals surface area contributed by atoms with Crippen molar-refractivity contribution in [3.63, 3.8) is 0 Å². The lowest BCUT2D eigenvalue weighted by Gasteiger charge is -2.26. The largest absolute Gasteiger partial charge is 0.317 e. The fourth-order valence-corrected chi connectivity index (χ4v) is 3.04. The number of benzene rings is 1. The maximum Gasteiger partial charge on any atom is 0.214 e. The van der Waals surface area contributed by atoms with E-state index in [9.17, 15) is 0 Å². The van der Waals surface area contributed by atoms with Gasteiger partial charge in [-0.3, -0.25) is 0 Å². The molecule has 1 saturated heterocycles. The Bertz CT molecular complexity index is 520. The highest BCUT2D eigenvalue weighted by atomic mass is 15.1. The van der Waals surface area contributed by atoms with Gasteiger partial charge in [0.1, 0.15) is 0 Å². The maximum absolute atomic E-state index is 3.44. The number of allylic oxidation sites excluding steroid dienone is 2. The molecular formula is C16H21N2+. The van der Waals surface area contributed by atoms with Gasteiger partial charge in [0.25, 0.3) is 0 Å². The third-order valence-electron chi connectivity index (χ3n) is 4.08. The van der Waals surface area contributed by atoms with Crippen LogP contribution in [0, 0.1) is 12.8 Å². The van der Waals surface area contributed by atoms with Crippen molar-refractivity contribution in [3.8, 4) is 0 Å². The van der Waals surface area contributed by atoms with Gasteiger partial charge in [-0.1, -0.05) is 18.2 Å². The summed E-state index contributed by atoms with van der Waals surface area (Å²) in [5.41, 5.74) is 5.60. The summed E-state index contributed by atoms with van der Waals surface area (Å²) in [6, 6.07) is 8.67. The van der Waals surface area contributed by atoms with E-state index in [1.807, 2.05) is 0 Å². The number of nitrogens with zero attached hydrogens (tertiary/aromatic N) is 1. The van der Waals surface area contributed by atoms with E-state index < -0.39 is 0 Å². The smallest absolute Gasteiger partial charge is 0.214 e. The number of rotatable bonds is 2. The van der Waals surface area contributed by atoms with Crippen molar-refractivity contribution >= 4 is 11.4 Å². The molecule has 2 aliphatic heterocycles. The van der Waals surface area contributed by atoms with Crippen LogP contribution in [0.5, 0.6) is 0 Å². The van der Waals surface area contributed by atoms with Crippen LogP contribution < -0.4 is 5.32 Å². The molecule has 0 amide bonds. The second-order valence-corrected chi connectivity index (χ2v) is 5.36. The Hall–Kier alpha value is -1.41. The van der Waals surface area contributed by atoms with E-state index in [4.69, 9.17) is 0 Å². The number of hydrogen-bond acceptors (Lipinski definition) is 1. The summed E-state index contributed by atoms with van der Waals surface area (Å²) in [5.74, 6) is 0.731. The van der Waals surface area contributed by atoms with Crippen molar-refractivity contribution in [2.75, 3.05) is 13.1 Å². The third-order valence-corrected chi connectivity index (χ3v) is 4.08. The standard InChI is InChI=1S/C16H21N2/c1-12-5-3-4-6-15(12)18-13(2)11-16(18)14-7-9-17-10-8-14/h3-6,11,14,17H,7-10H2,1-2H3/q+1. The van der Waals surface area contributed by atoms with Crippen molar-refractivity contribution in [1.29, 1.82) is 0 Å². The Morgan fingerprint density at radius 2 is 1.83 bits per heavy atom. The van der Waals surface area contributed by atoms with E-state index >= 15 is 0 Å². The molecule has 0 atom stereocenters. The van der Waals surface area contributed by atoms with Crippen molar-refractivity contribution in [1.82, 2.24) is 5.32 Å². The van der Waals surface area contributed by atoms with Crippen LogP contribution in [-0.2, 0) is 0 Å². The van der Waals surface area contributed by atoms with Gasteiger partial charge in [-0.25, -0.2) is 0 Å². The highest BCUT2D eigenvalue weighted by Crippen LogP contribution is 2.33. The van der Waals surface area contributed by atoms with Crippen LogP contribution in [0.1, 0.15) is 25.3 Å². The summed E-state index contributed by atoms with van der Waals surface area (Å²) < 4.78 is 2.45. The highest BCUT2D eigenvalue weighted by molar-refractivity contribution is 5.93. The molecule has 1 fully saturated rings. The molecule has 2 heteroatoms. The topological polar surface area (TPSA) is 15.0 Å². The van der Waals surface area contributed by atoms with Crippen LogP contribution in [0.25, 0.3) is 0 Å². The zero-order valence-electron chi connectivity index (χ0n) is 11.2. The summed E-state index contributed by atoms with van der Waals surface area (Å²) in [5, 5.41) is 3.44. The molecule has 3 rings (SSSR count). The lowest BCUT2D eigenvalue weighted by Crippen LogP contribution is -2.35. The Balaban J connectivity index is 1.88. The molecule has 1 aromatic carbocycles. The van der Waals surface area contributed by atoms with Crippen molar-refractivity contribution in [2.24, 2.45) is 5.92 Å². The zero-order valence-corrected chi connectivity index (χ0v) is 11.2. The van der Waals surface area contributed by atoms with Crippen LogP contribution in [0.2, 0.25) is 0 Å². The van der Waals surface area contributed by atoms with E-state index in [1.165, 1.54) is 35.5 Å². The molecule has 0 saturated carbocycles. The van der Waals surface area contributed by atoms with Crippen LogP contribution in [0.4, 0.5) is 5.69 Å². The second kappa shape index (κ2) is 4.69. The molecule has 0 bridgehead atoms. The molecule has 94 valence electrons. The van der Waals surface area contributed by atoms with Gasteiger partial charge in [-0.2, -0.15) is 4.58 Å². The maximum atomic E-state index is 3.44. The van der Waals surface area contributed by atoms with Gasteiger partial charge in [0, 0.05) is 24.5 Å². The fraction of sp³-hybridized carbons (Fsp3) is 0.438. The SMILES string of the molecule is CC1=[N+](c2ccccc2C)C(C2CCNCC2)=C1. The quantitative estimate of drug-likeness (QED) is 0.787. The Morgan fingerprint density at radius 3 is 2.50 bits per heavy atom. The summed E-state index contributed by atoms with van der Waals surface area (Å²) in [7, 11) is 0. The molecule has 1 N–H and O–H groups in total. The number of nitrogens with one attached hydrogen (secondary N) is 1. The Kier molecular flexibility index (Phi) is 3.04. The first-order valence-electron chi connectivity index (χ1n) is 6.89. The van der Waals surface area contributed by atoms with E-state index in [-0.39, 0.29) is 0 Å². The molecule has 2 heterocycles. The molecule has 1 aromatic rings. The summed E-state index contributed by atoms with van der Waals surface area (Å²) in [6.07, 6.45) is 4.89. The van der Waals surface area contributed by atoms with Crippen LogP contribution in [0.15, 0.2) is 36.0 Å². The third kappa shape index (κ3) is 1.91. The first-order valence-corrected chi connectivity index (χ1v) is 6.89. The Labute approximate surface area is 109 Å². The van der Waals surface area contributed by atoms with Crippen molar-refractivity contribution in [2.45, 2.75) is 26.7 Å². The average molecular weight is 241 g/mol. The molecule has 0 radical (unpaired) electrons. The van der Waals surface area contributed by atoms with E-state index in [0.717, 1.165) is 19.0 Å². The molecule has 0 aromatic heterocycles. The van der Waals surface area contributed by atoms with E-state index in [2.05, 4.69) is 54.1 Å². The average Bonchev–Trinajstić information content (AvgIpc) is 2.39. The lowest BCUT2D eigenvalue weighted by atomic mass is 9.90. The van der Waals surface area contributed by atoms with Gasteiger partial charge in [-0.15, -0.1) is 0 Å². The molecule has 0 unspecified atom stereocenters. The van der Waals surface area contributed by atoms with Crippen LogP contribution in [-0.4, -0.2) is 23.4 Å². The number of piperidine rings is 1. The zero-order chi connectivity index (χ0) is 12.5.